The second kappa shape index (κ2) is 7.67. The zero-order valence-corrected chi connectivity index (χ0v) is 11.2. The predicted molar refractivity (Wildman–Crippen MR) is 68.7 cm³/mol. The van der Waals surface area contributed by atoms with Gasteiger partial charge < -0.3 is 15.4 Å². The first kappa shape index (κ1) is 14.5. The molecule has 1 aliphatic rings. The fraction of sp³-hybridized carbons (Fsp3) is 0.923. The number of amides is 1. The van der Waals surface area contributed by atoms with Crippen molar-refractivity contribution in [3.63, 3.8) is 0 Å². The third kappa shape index (κ3) is 4.64. The fourth-order valence-corrected chi connectivity index (χ4v) is 2.48. The van der Waals surface area contributed by atoms with Crippen LogP contribution in [-0.4, -0.2) is 44.2 Å². The van der Waals surface area contributed by atoms with Gasteiger partial charge in [0.1, 0.15) is 0 Å². The van der Waals surface area contributed by atoms with Crippen LogP contribution in [0.1, 0.15) is 38.5 Å². The first-order valence-electron chi connectivity index (χ1n) is 6.66. The lowest BCUT2D eigenvalue weighted by atomic mass is 9.94. The van der Waals surface area contributed by atoms with Crippen molar-refractivity contribution in [3.05, 3.63) is 0 Å². The topological polar surface area (TPSA) is 55.6 Å². The summed E-state index contributed by atoms with van der Waals surface area (Å²) in [7, 11) is 3.55. The van der Waals surface area contributed by atoms with Gasteiger partial charge in [0.25, 0.3) is 0 Å². The maximum absolute atomic E-state index is 12.3. The van der Waals surface area contributed by atoms with Crippen molar-refractivity contribution in [2.45, 2.75) is 44.6 Å². The van der Waals surface area contributed by atoms with Gasteiger partial charge in [0.15, 0.2) is 0 Å². The highest BCUT2D eigenvalue weighted by Gasteiger charge is 2.28. The molecule has 100 valence electrons. The summed E-state index contributed by atoms with van der Waals surface area (Å²) < 4.78 is 5.00. The highest BCUT2D eigenvalue weighted by Crippen LogP contribution is 2.23. The number of methoxy groups -OCH3 is 1. The summed E-state index contributed by atoms with van der Waals surface area (Å²) in [6.07, 6.45) is 6.34. The van der Waals surface area contributed by atoms with Crippen molar-refractivity contribution in [1.82, 2.24) is 4.90 Å². The van der Waals surface area contributed by atoms with E-state index in [9.17, 15) is 4.79 Å². The normalized spacial score (nSPS) is 25.4. The molecule has 0 aromatic rings. The van der Waals surface area contributed by atoms with Gasteiger partial charge in [-0.25, -0.2) is 0 Å². The van der Waals surface area contributed by atoms with Gasteiger partial charge in [-0.15, -0.1) is 0 Å². The molecule has 1 saturated carbocycles. The van der Waals surface area contributed by atoms with Gasteiger partial charge in [0.2, 0.25) is 5.91 Å². The van der Waals surface area contributed by atoms with E-state index in [0.29, 0.717) is 6.61 Å². The molecule has 0 saturated heterocycles. The molecule has 4 nitrogen and oxygen atoms in total. The third-order valence-electron chi connectivity index (χ3n) is 3.60. The SMILES string of the molecule is COCCCN(C)C(=O)C1CCCCCC1N. The minimum absolute atomic E-state index is 0.0324. The van der Waals surface area contributed by atoms with Crippen molar-refractivity contribution in [3.8, 4) is 0 Å². The zero-order chi connectivity index (χ0) is 12.7. The highest BCUT2D eigenvalue weighted by molar-refractivity contribution is 5.79. The van der Waals surface area contributed by atoms with Crippen LogP contribution in [0.25, 0.3) is 0 Å². The van der Waals surface area contributed by atoms with Crippen LogP contribution >= 0.6 is 0 Å². The molecule has 2 N–H and O–H groups in total. The fourth-order valence-electron chi connectivity index (χ4n) is 2.48. The van der Waals surface area contributed by atoms with Crippen molar-refractivity contribution >= 4 is 5.91 Å². The van der Waals surface area contributed by atoms with E-state index in [1.54, 1.807) is 7.11 Å². The van der Waals surface area contributed by atoms with E-state index in [1.165, 1.54) is 12.8 Å². The Morgan fingerprint density at radius 2 is 2.06 bits per heavy atom. The number of nitrogens with zero attached hydrogens (tertiary/aromatic N) is 1. The molecule has 0 aliphatic heterocycles. The Hall–Kier alpha value is -0.610. The Bertz CT molecular complexity index is 233. The predicted octanol–water partition coefficient (Wildman–Crippen LogP) is 1.39. The van der Waals surface area contributed by atoms with Gasteiger partial charge >= 0.3 is 0 Å². The van der Waals surface area contributed by atoms with E-state index in [2.05, 4.69) is 0 Å². The minimum Gasteiger partial charge on any atom is -0.385 e. The Balaban J connectivity index is 2.42. The standard InChI is InChI=1S/C13H26N2O2/c1-15(9-6-10-17-2)13(16)11-7-4-3-5-8-12(11)14/h11-12H,3-10,14H2,1-2H3. The Morgan fingerprint density at radius 1 is 1.35 bits per heavy atom. The molecule has 1 amide bonds. The second-order valence-electron chi connectivity index (χ2n) is 5.01. The van der Waals surface area contributed by atoms with Gasteiger partial charge in [-0.05, 0) is 19.3 Å². The van der Waals surface area contributed by atoms with E-state index in [0.717, 1.165) is 32.2 Å². The Labute approximate surface area is 104 Å². The number of rotatable bonds is 5. The summed E-state index contributed by atoms with van der Waals surface area (Å²) in [6.45, 7) is 1.46. The van der Waals surface area contributed by atoms with Gasteiger partial charge in [-0.2, -0.15) is 0 Å². The smallest absolute Gasteiger partial charge is 0.226 e. The van der Waals surface area contributed by atoms with Gasteiger partial charge in [-0.1, -0.05) is 19.3 Å². The van der Waals surface area contributed by atoms with Gasteiger partial charge in [-0.3, -0.25) is 4.79 Å². The molecule has 0 heterocycles. The number of hydrogen-bond acceptors (Lipinski definition) is 3. The monoisotopic (exact) mass is 242 g/mol. The molecular formula is C13H26N2O2. The molecular weight excluding hydrogens is 216 g/mol. The molecule has 17 heavy (non-hydrogen) atoms. The summed E-state index contributed by atoms with van der Waals surface area (Å²) in [6, 6.07) is 0.0508. The maximum atomic E-state index is 12.3. The Morgan fingerprint density at radius 3 is 2.76 bits per heavy atom. The summed E-state index contributed by atoms with van der Waals surface area (Å²) in [4.78, 5) is 14.1. The van der Waals surface area contributed by atoms with Crippen LogP contribution in [0.2, 0.25) is 0 Å². The van der Waals surface area contributed by atoms with E-state index in [4.69, 9.17) is 10.5 Å². The van der Waals surface area contributed by atoms with Crippen LogP contribution in [0, 0.1) is 5.92 Å². The van der Waals surface area contributed by atoms with E-state index >= 15 is 0 Å². The van der Waals surface area contributed by atoms with Crippen LogP contribution < -0.4 is 5.73 Å². The average Bonchev–Trinajstić information content (AvgIpc) is 2.53. The molecule has 1 rings (SSSR count). The molecule has 0 bridgehead atoms. The van der Waals surface area contributed by atoms with Crippen molar-refractivity contribution in [1.29, 1.82) is 0 Å². The van der Waals surface area contributed by atoms with Crippen LogP contribution in [0.3, 0.4) is 0 Å². The highest BCUT2D eigenvalue weighted by atomic mass is 16.5. The van der Waals surface area contributed by atoms with Crippen molar-refractivity contribution in [2.24, 2.45) is 11.7 Å². The lowest BCUT2D eigenvalue weighted by Gasteiger charge is -2.26. The summed E-state index contributed by atoms with van der Waals surface area (Å²) in [5.74, 6) is 0.251. The maximum Gasteiger partial charge on any atom is 0.226 e. The molecule has 2 unspecified atom stereocenters. The van der Waals surface area contributed by atoms with E-state index in [-0.39, 0.29) is 17.9 Å². The summed E-state index contributed by atoms with van der Waals surface area (Å²) in [5.41, 5.74) is 6.10. The van der Waals surface area contributed by atoms with E-state index < -0.39 is 0 Å². The van der Waals surface area contributed by atoms with Crippen LogP contribution in [0.5, 0.6) is 0 Å². The quantitative estimate of drug-likeness (QED) is 0.585. The molecule has 4 heteroatoms. The summed E-state index contributed by atoms with van der Waals surface area (Å²) >= 11 is 0. The largest absolute Gasteiger partial charge is 0.385 e. The number of nitrogens with two attached hydrogens (primary N) is 1. The van der Waals surface area contributed by atoms with Gasteiger partial charge in [0, 0.05) is 33.4 Å². The van der Waals surface area contributed by atoms with Crippen LogP contribution in [-0.2, 0) is 9.53 Å². The molecule has 0 spiro atoms. The average molecular weight is 242 g/mol. The molecule has 1 fully saturated rings. The molecule has 0 radical (unpaired) electrons. The number of ether oxygens (including phenoxy) is 1. The van der Waals surface area contributed by atoms with Gasteiger partial charge in [0.05, 0.1) is 5.92 Å². The molecule has 2 atom stereocenters. The number of carbonyl (C=O) groups excluding carboxylic acids is 1. The first-order chi connectivity index (χ1) is 8.16. The molecule has 1 aliphatic carbocycles. The Kier molecular flexibility index (Phi) is 6.52. The minimum atomic E-state index is 0.0324. The van der Waals surface area contributed by atoms with E-state index in [1.807, 2.05) is 11.9 Å². The third-order valence-corrected chi connectivity index (χ3v) is 3.60. The lowest BCUT2D eigenvalue weighted by molar-refractivity contribution is -0.135. The summed E-state index contributed by atoms with van der Waals surface area (Å²) in [5, 5.41) is 0. The molecule has 0 aromatic heterocycles. The zero-order valence-electron chi connectivity index (χ0n) is 11.2. The second-order valence-corrected chi connectivity index (χ2v) is 5.01. The number of carbonyl (C=O) groups is 1. The van der Waals surface area contributed by atoms with Crippen molar-refractivity contribution in [2.75, 3.05) is 27.3 Å². The lowest BCUT2D eigenvalue weighted by Crippen LogP contribution is -2.42. The number of hydrogen-bond donors (Lipinski definition) is 1. The molecule has 0 aromatic carbocycles. The van der Waals surface area contributed by atoms with Crippen LogP contribution in [0.4, 0.5) is 0 Å². The van der Waals surface area contributed by atoms with Crippen LogP contribution in [0.15, 0.2) is 0 Å². The first-order valence-corrected chi connectivity index (χ1v) is 6.66. The van der Waals surface area contributed by atoms with Crippen molar-refractivity contribution < 1.29 is 9.53 Å².